The Morgan fingerprint density at radius 2 is 2.00 bits per heavy atom. The lowest BCUT2D eigenvalue weighted by Crippen LogP contribution is -2.36. The highest BCUT2D eigenvalue weighted by molar-refractivity contribution is 5.99. The highest BCUT2D eigenvalue weighted by atomic mass is 16.5. The van der Waals surface area contributed by atoms with Crippen LogP contribution in [-0.2, 0) is 11.2 Å². The third kappa shape index (κ3) is 2.95. The van der Waals surface area contributed by atoms with E-state index in [2.05, 4.69) is 38.3 Å². The summed E-state index contributed by atoms with van der Waals surface area (Å²) in [5, 5.41) is 7.75. The number of carbonyl (C=O) groups excluding carboxylic acids is 1. The van der Waals surface area contributed by atoms with Crippen molar-refractivity contribution in [1.29, 1.82) is 0 Å². The van der Waals surface area contributed by atoms with Gasteiger partial charge in [-0.1, -0.05) is 6.07 Å². The van der Waals surface area contributed by atoms with Crippen molar-refractivity contribution >= 4 is 22.6 Å². The molecular formula is C23H20N6O2. The van der Waals surface area contributed by atoms with E-state index in [4.69, 9.17) is 15.5 Å². The highest BCUT2D eigenvalue weighted by Crippen LogP contribution is 2.40. The summed E-state index contributed by atoms with van der Waals surface area (Å²) in [5.41, 5.74) is 13.6. The Morgan fingerprint density at radius 3 is 2.84 bits per heavy atom. The van der Waals surface area contributed by atoms with Gasteiger partial charge in [-0.05, 0) is 35.4 Å². The number of H-pyrrole nitrogens is 1. The molecule has 1 aliphatic heterocycles. The minimum absolute atomic E-state index is 0.446. The van der Waals surface area contributed by atoms with Gasteiger partial charge in [-0.25, -0.2) is 9.97 Å². The van der Waals surface area contributed by atoms with Gasteiger partial charge in [0.25, 0.3) is 0 Å². The molecule has 154 valence electrons. The van der Waals surface area contributed by atoms with Crippen LogP contribution in [0.3, 0.4) is 0 Å². The van der Waals surface area contributed by atoms with Crippen molar-refractivity contribution in [1.82, 2.24) is 20.2 Å². The summed E-state index contributed by atoms with van der Waals surface area (Å²) in [6.45, 7) is 3.24. The zero-order chi connectivity index (χ0) is 20.9. The number of primary amides is 1. The first kappa shape index (κ1) is 18.0. The van der Waals surface area contributed by atoms with Crippen LogP contribution >= 0.6 is 0 Å². The zero-order valence-electron chi connectivity index (χ0n) is 16.8. The van der Waals surface area contributed by atoms with Gasteiger partial charge >= 0.3 is 0 Å². The van der Waals surface area contributed by atoms with Crippen molar-refractivity contribution in [2.45, 2.75) is 6.42 Å². The van der Waals surface area contributed by atoms with Gasteiger partial charge in [0.15, 0.2) is 5.65 Å². The first-order chi connectivity index (χ1) is 15.2. The maximum atomic E-state index is 12.3. The van der Waals surface area contributed by atoms with E-state index in [1.54, 1.807) is 18.5 Å². The summed E-state index contributed by atoms with van der Waals surface area (Å²) < 4.78 is 5.47. The predicted octanol–water partition coefficient (Wildman–Crippen LogP) is 2.53. The van der Waals surface area contributed by atoms with Crippen molar-refractivity contribution in [3.63, 3.8) is 0 Å². The van der Waals surface area contributed by atoms with Crippen molar-refractivity contribution < 1.29 is 9.53 Å². The smallest absolute Gasteiger partial charge is 0.249 e. The lowest BCUT2D eigenvalue weighted by atomic mass is 10.0. The minimum atomic E-state index is -0.446. The molecule has 0 unspecified atom stereocenters. The Bertz CT molecular complexity index is 1340. The fourth-order valence-corrected chi connectivity index (χ4v) is 4.48. The number of nitrogens with one attached hydrogen (secondary N) is 1. The minimum Gasteiger partial charge on any atom is -0.378 e. The fourth-order valence-electron chi connectivity index (χ4n) is 4.48. The van der Waals surface area contributed by atoms with Crippen LogP contribution in [0.1, 0.15) is 21.5 Å². The van der Waals surface area contributed by atoms with Gasteiger partial charge in [-0.3, -0.25) is 9.89 Å². The average Bonchev–Trinajstić information content (AvgIpc) is 3.42. The largest absolute Gasteiger partial charge is 0.378 e. The molecule has 1 aliphatic carbocycles. The number of carbonyl (C=O) groups is 1. The summed E-state index contributed by atoms with van der Waals surface area (Å²) in [5.74, 6) is -0.446. The van der Waals surface area contributed by atoms with Crippen molar-refractivity contribution in [2.75, 3.05) is 31.2 Å². The number of ether oxygens (including phenoxy) is 1. The van der Waals surface area contributed by atoms with E-state index < -0.39 is 5.91 Å². The average molecular weight is 412 g/mol. The number of fused-ring (bicyclic) bond motifs is 4. The van der Waals surface area contributed by atoms with Gasteiger partial charge in [-0.2, -0.15) is 5.10 Å². The second-order valence-electron chi connectivity index (χ2n) is 7.90. The Morgan fingerprint density at radius 1 is 1.13 bits per heavy atom. The molecule has 4 heterocycles. The Labute approximate surface area is 178 Å². The van der Waals surface area contributed by atoms with E-state index in [0.29, 0.717) is 23.3 Å². The number of anilines is 1. The molecule has 1 aromatic carbocycles. The number of hydrogen-bond donors (Lipinski definition) is 2. The first-order valence-corrected chi connectivity index (χ1v) is 10.3. The number of benzene rings is 1. The number of aromatic amines is 1. The number of hydrogen-bond acceptors (Lipinski definition) is 6. The van der Waals surface area contributed by atoms with Gasteiger partial charge in [0.05, 0.1) is 30.8 Å². The molecule has 0 saturated carbocycles. The van der Waals surface area contributed by atoms with E-state index in [1.165, 1.54) is 5.69 Å². The van der Waals surface area contributed by atoms with Crippen LogP contribution in [0.5, 0.6) is 0 Å². The van der Waals surface area contributed by atoms with Crippen molar-refractivity contribution in [2.24, 2.45) is 5.73 Å². The fraction of sp³-hybridized carbons (Fsp3) is 0.217. The van der Waals surface area contributed by atoms with Gasteiger partial charge in [-0.15, -0.1) is 0 Å². The zero-order valence-corrected chi connectivity index (χ0v) is 16.8. The van der Waals surface area contributed by atoms with Crippen LogP contribution < -0.4 is 10.6 Å². The van der Waals surface area contributed by atoms with Crippen LogP contribution in [0.25, 0.3) is 33.5 Å². The van der Waals surface area contributed by atoms with Gasteiger partial charge in [0, 0.05) is 53.5 Å². The quantitative estimate of drug-likeness (QED) is 0.471. The van der Waals surface area contributed by atoms with Crippen molar-refractivity contribution in [3.8, 4) is 22.5 Å². The number of pyridine rings is 2. The summed E-state index contributed by atoms with van der Waals surface area (Å²) in [6, 6.07) is 10.2. The van der Waals surface area contributed by atoms with Crippen LogP contribution in [0.2, 0.25) is 0 Å². The summed E-state index contributed by atoms with van der Waals surface area (Å²) in [6.07, 6.45) is 4.10. The standard InChI is InChI=1S/C23H20N6O2/c24-22(30)19-10-20(14-7-15-12-26-28-23(15)25-11-14)27-21-17-2-1-16(8-13(17)9-18(19)21)29-3-5-31-6-4-29/h1-2,7-8,10-12H,3-6,9H2,(H2,24,30)(H,25,26,28). The predicted molar refractivity (Wildman–Crippen MR) is 117 cm³/mol. The van der Waals surface area contributed by atoms with E-state index in [0.717, 1.165) is 59.6 Å². The summed E-state index contributed by atoms with van der Waals surface area (Å²) >= 11 is 0. The third-order valence-electron chi connectivity index (χ3n) is 6.06. The molecule has 8 heteroatoms. The maximum absolute atomic E-state index is 12.3. The Kier molecular flexibility index (Phi) is 4.00. The molecule has 0 atom stereocenters. The van der Waals surface area contributed by atoms with E-state index >= 15 is 0 Å². The van der Waals surface area contributed by atoms with Crippen LogP contribution in [0.4, 0.5) is 5.69 Å². The van der Waals surface area contributed by atoms with Crippen LogP contribution in [0.15, 0.2) is 42.7 Å². The van der Waals surface area contributed by atoms with Gasteiger partial charge in [0.1, 0.15) is 0 Å². The molecule has 4 aromatic rings. The molecule has 3 N–H and O–H groups in total. The van der Waals surface area contributed by atoms with Crippen molar-refractivity contribution in [3.05, 3.63) is 59.4 Å². The number of morpholine rings is 1. The number of amides is 1. The molecule has 8 nitrogen and oxygen atoms in total. The summed E-state index contributed by atoms with van der Waals surface area (Å²) in [7, 11) is 0. The lowest BCUT2D eigenvalue weighted by Gasteiger charge is -2.29. The Balaban J connectivity index is 1.46. The second-order valence-corrected chi connectivity index (χ2v) is 7.90. The number of rotatable bonds is 3. The molecule has 2 aliphatic rings. The Hall–Kier alpha value is -3.78. The van der Waals surface area contributed by atoms with Crippen LogP contribution in [0, 0.1) is 0 Å². The number of nitrogens with two attached hydrogens (primary N) is 1. The molecule has 0 radical (unpaired) electrons. The molecular weight excluding hydrogens is 392 g/mol. The third-order valence-corrected chi connectivity index (χ3v) is 6.06. The highest BCUT2D eigenvalue weighted by Gasteiger charge is 2.27. The van der Waals surface area contributed by atoms with Gasteiger partial charge in [0.2, 0.25) is 5.91 Å². The number of nitrogens with zero attached hydrogens (tertiary/aromatic N) is 4. The van der Waals surface area contributed by atoms with E-state index in [-0.39, 0.29) is 0 Å². The molecule has 3 aromatic heterocycles. The molecule has 1 saturated heterocycles. The first-order valence-electron chi connectivity index (χ1n) is 10.3. The summed E-state index contributed by atoms with van der Waals surface area (Å²) in [4.78, 5) is 24.0. The normalized spacial score (nSPS) is 15.2. The van der Waals surface area contributed by atoms with E-state index in [9.17, 15) is 4.79 Å². The lowest BCUT2D eigenvalue weighted by molar-refractivity contribution is 0.0999. The molecule has 1 fully saturated rings. The molecule has 0 bridgehead atoms. The van der Waals surface area contributed by atoms with Crippen LogP contribution in [-0.4, -0.2) is 52.4 Å². The monoisotopic (exact) mass is 412 g/mol. The topological polar surface area (TPSA) is 110 Å². The van der Waals surface area contributed by atoms with Gasteiger partial charge < -0.3 is 15.4 Å². The molecule has 1 amide bonds. The molecule has 31 heavy (non-hydrogen) atoms. The number of aromatic nitrogens is 4. The second kappa shape index (κ2) is 6.88. The molecule has 6 rings (SSSR count). The SMILES string of the molecule is NC(=O)c1cc(-c2cnc3[nH]ncc3c2)nc2c1Cc1cc(N3CCOCC3)ccc1-2. The maximum Gasteiger partial charge on any atom is 0.249 e. The van der Waals surface area contributed by atoms with E-state index in [1.807, 2.05) is 6.07 Å². The molecule has 0 spiro atoms.